The minimum absolute atomic E-state index is 0.128. The van der Waals surface area contributed by atoms with Crippen LogP contribution in [0.25, 0.3) is 0 Å². The van der Waals surface area contributed by atoms with Crippen LogP contribution < -0.4 is 0 Å². The number of hydrogen-bond acceptors (Lipinski definition) is 3. The van der Waals surface area contributed by atoms with E-state index in [1.54, 1.807) is 11.9 Å². The van der Waals surface area contributed by atoms with Crippen molar-refractivity contribution in [3.8, 4) is 0 Å². The number of likely N-dealkylation sites (N-methyl/N-ethyl adjacent to an activating group) is 1. The normalized spacial score (nSPS) is 26.7. The molecule has 0 N–H and O–H groups in total. The van der Waals surface area contributed by atoms with Crippen LogP contribution in [0.4, 0.5) is 4.79 Å². The van der Waals surface area contributed by atoms with Crippen molar-refractivity contribution < 1.29 is 14.0 Å². The lowest BCUT2D eigenvalue weighted by Gasteiger charge is -2.41. The Morgan fingerprint density at radius 1 is 1.24 bits per heavy atom. The number of carbonyl (C=O) groups excluding carboxylic acids is 2. The molecule has 5 nitrogen and oxygen atoms in total. The molecule has 2 atom stereocenters. The first kappa shape index (κ1) is 14.2. The van der Waals surface area contributed by atoms with Crippen molar-refractivity contribution in [2.24, 2.45) is 5.92 Å². The molecule has 1 heterocycles. The first-order chi connectivity index (χ1) is 7.65. The third-order valence-electron chi connectivity index (χ3n) is 3.07. The van der Waals surface area contributed by atoms with Gasteiger partial charge in [0.25, 0.3) is 0 Å². The molecule has 3 amide bonds. The van der Waals surface area contributed by atoms with Crippen molar-refractivity contribution in [3.05, 3.63) is 0 Å². The average Bonchev–Trinajstić information content (AvgIpc) is 2.22. The molecule has 98 valence electrons. The zero-order valence-electron chi connectivity index (χ0n) is 11.5. The van der Waals surface area contributed by atoms with Gasteiger partial charge in [-0.2, -0.15) is 0 Å². The Balaban J connectivity index is 2.77. The summed E-state index contributed by atoms with van der Waals surface area (Å²) in [5.41, 5.74) is 0. The molecule has 1 aliphatic rings. The van der Waals surface area contributed by atoms with Gasteiger partial charge in [0, 0.05) is 14.1 Å². The predicted molar refractivity (Wildman–Crippen MR) is 68.2 cm³/mol. The number of carbonyl (C=O) groups is 2. The van der Waals surface area contributed by atoms with E-state index in [0.29, 0.717) is 6.61 Å². The molecular formula is C11H22N2O3Si. The summed E-state index contributed by atoms with van der Waals surface area (Å²) in [6.07, 6.45) is 0. The maximum atomic E-state index is 11.9. The van der Waals surface area contributed by atoms with E-state index in [1.807, 2.05) is 6.92 Å². The first-order valence-corrected chi connectivity index (χ1v) is 9.24. The van der Waals surface area contributed by atoms with Crippen LogP contribution in [-0.4, -0.2) is 56.8 Å². The summed E-state index contributed by atoms with van der Waals surface area (Å²) in [6, 6.07) is -0.407. The summed E-state index contributed by atoms with van der Waals surface area (Å²) < 4.78 is 5.82. The molecule has 0 bridgehead atoms. The SMILES string of the molecule is CC1C(=O)N(C)C(=O)N(C)C1CO[Si](C)(C)C. The van der Waals surface area contributed by atoms with Gasteiger partial charge in [0.15, 0.2) is 8.32 Å². The molecule has 1 rings (SSSR count). The first-order valence-electron chi connectivity index (χ1n) is 5.83. The maximum Gasteiger partial charge on any atom is 0.326 e. The molecule has 1 saturated heterocycles. The van der Waals surface area contributed by atoms with E-state index in [0.717, 1.165) is 0 Å². The van der Waals surface area contributed by atoms with E-state index < -0.39 is 8.32 Å². The van der Waals surface area contributed by atoms with E-state index in [1.165, 1.54) is 11.9 Å². The zero-order valence-corrected chi connectivity index (χ0v) is 12.5. The van der Waals surface area contributed by atoms with Crippen LogP contribution in [0.3, 0.4) is 0 Å². The van der Waals surface area contributed by atoms with Gasteiger partial charge in [-0.1, -0.05) is 6.92 Å². The molecule has 1 fully saturated rings. The molecule has 17 heavy (non-hydrogen) atoms. The van der Waals surface area contributed by atoms with Gasteiger partial charge < -0.3 is 9.33 Å². The third-order valence-corrected chi connectivity index (χ3v) is 4.10. The molecule has 6 heteroatoms. The lowest BCUT2D eigenvalue weighted by molar-refractivity contribution is -0.137. The van der Waals surface area contributed by atoms with Crippen molar-refractivity contribution in [1.82, 2.24) is 9.80 Å². The highest BCUT2D eigenvalue weighted by Gasteiger charge is 2.41. The van der Waals surface area contributed by atoms with Crippen LogP contribution >= 0.6 is 0 Å². The molecule has 2 unspecified atom stereocenters. The van der Waals surface area contributed by atoms with Gasteiger partial charge in [-0.25, -0.2) is 4.79 Å². The number of hydrogen-bond donors (Lipinski definition) is 0. The summed E-state index contributed by atoms with van der Waals surface area (Å²) in [4.78, 5) is 26.4. The number of urea groups is 1. The number of rotatable bonds is 3. The second kappa shape index (κ2) is 4.78. The monoisotopic (exact) mass is 258 g/mol. The highest BCUT2D eigenvalue weighted by Crippen LogP contribution is 2.21. The average molecular weight is 258 g/mol. The Kier molecular flexibility index (Phi) is 3.98. The van der Waals surface area contributed by atoms with E-state index in [9.17, 15) is 9.59 Å². The molecule has 0 aromatic rings. The van der Waals surface area contributed by atoms with Gasteiger partial charge in [0.1, 0.15) is 0 Å². The highest BCUT2D eigenvalue weighted by molar-refractivity contribution is 6.69. The Hall–Kier alpha value is -0.883. The smallest absolute Gasteiger partial charge is 0.326 e. The highest BCUT2D eigenvalue weighted by atomic mass is 28.4. The zero-order chi connectivity index (χ0) is 13.4. The van der Waals surface area contributed by atoms with Crippen molar-refractivity contribution in [3.63, 3.8) is 0 Å². The Morgan fingerprint density at radius 3 is 2.24 bits per heavy atom. The molecule has 0 radical (unpaired) electrons. The lowest BCUT2D eigenvalue weighted by atomic mass is 9.98. The minimum Gasteiger partial charge on any atom is -0.416 e. The standard InChI is InChI=1S/C11H22N2O3Si/c1-8-9(7-16-17(4,5)6)12(2)11(15)13(3)10(8)14/h8-9H,7H2,1-6H3. The maximum absolute atomic E-state index is 11.9. The quantitative estimate of drug-likeness (QED) is 0.718. The molecule has 0 aromatic carbocycles. The van der Waals surface area contributed by atoms with Crippen LogP contribution in [0.15, 0.2) is 0 Å². The fourth-order valence-corrected chi connectivity index (χ4v) is 2.54. The van der Waals surface area contributed by atoms with Crippen molar-refractivity contribution in [1.29, 1.82) is 0 Å². The summed E-state index contributed by atoms with van der Waals surface area (Å²) in [6.45, 7) is 8.57. The largest absolute Gasteiger partial charge is 0.416 e. The van der Waals surface area contributed by atoms with Crippen LogP contribution in [0.2, 0.25) is 19.6 Å². The molecule has 0 saturated carbocycles. The van der Waals surface area contributed by atoms with Crippen molar-refractivity contribution in [2.45, 2.75) is 32.6 Å². The van der Waals surface area contributed by atoms with Gasteiger partial charge in [-0.15, -0.1) is 0 Å². The third kappa shape index (κ3) is 3.07. The Morgan fingerprint density at radius 2 is 1.76 bits per heavy atom. The molecule has 1 aliphatic heterocycles. The van der Waals surface area contributed by atoms with Gasteiger partial charge in [0.05, 0.1) is 18.6 Å². The molecule has 0 aromatic heterocycles. The predicted octanol–water partition coefficient (Wildman–Crippen LogP) is 1.37. The second-order valence-corrected chi connectivity index (χ2v) is 10.1. The van der Waals surface area contributed by atoms with Crippen LogP contribution in [0.1, 0.15) is 6.92 Å². The van der Waals surface area contributed by atoms with Crippen LogP contribution in [-0.2, 0) is 9.22 Å². The summed E-state index contributed by atoms with van der Waals surface area (Å²) in [7, 11) is 1.62. The fraction of sp³-hybridized carbons (Fsp3) is 0.818. The Bertz CT molecular complexity index is 305. The van der Waals surface area contributed by atoms with Gasteiger partial charge in [-0.05, 0) is 19.6 Å². The number of amides is 3. The van der Waals surface area contributed by atoms with Crippen molar-refractivity contribution in [2.75, 3.05) is 20.7 Å². The van der Waals surface area contributed by atoms with E-state index in [2.05, 4.69) is 19.6 Å². The van der Waals surface area contributed by atoms with E-state index >= 15 is 0 Å². The summed E-state index contributed by atoms with van der Waals surface area (Å²) in [5, 5.41) is 0. The van der Waals surface area contributed by atoms with Crippen molar-refractivity contribution >= 4 is 20.3 Å². The molecule has 0 aliphatic carbocycles. The van der Waals surface area contributed by atoms with Gasteiger partial charge >= 0.3 is 6.03 Å². The Labute approximate surface area is 104 Å². The topological polar surface area (TPSA) is 49.9 Å². The molecule has 0 spiro atoms. The van der Waals surface area contributed by atoms with E-state index in [-0.39, 0.29) is 23.9 Å². The molecular weight excluding hydrogens is 236 g/mol. The van der Waals surface area contributed by atoms with E-state index in [4.69, 9.17) is 4.43 Å². The summed E-state index contributed by atoms with van der Waals surface area (Å²) in [5.74, 6) is -0.337. The second-order valence-electron chi connectivity index (χ2n) is 5.57. The van der Waals surface area contributed by atoms with Crippen LogP contribution in [0, 0.1) is 5.92 Å². The number of nitrogens with zero attached hydrogens (tertiary/aromatic N) is 2. The lowest BCUT2D eigenvalue weighted by Crippen LogP contribution is -2.60. The summed E-state index contributed by atoms with van der Waals surface area (Å²) >= 11 is 0. The number of imide groups is 1. The minimum atomic E-state index is -1.62. The van der Waals surface area contributed by atoms with Gasteiger partial charge in [0.2, 0.25) is 5.91 Å². The fourth-order valence-electron chi connectivity index (χ4n) is 1.87. The van der Waals surface area contributed by atoms with Crippen LogP contribution in [0.5, 0.6) is 0 Å². The van der Waals surface area contributed by atoms with Gasteiger partial charge in [-0.3, -0.25) is 9.69 Å².